The van der Waals surface area contributed by atoms with Crippen LogP contribution in [0.5, 0.6) is 0 Å². The van der Waals surface area contributed by atoms with Crippen LogP contribution in [-0.4, -0.2) is 37.2 Å². The maximum atomic E-state index is 12.9. The summed E-state index contributed by atoms with van der Waals surface area (Å²) in [6.45, 7) is 6.65. The van der Waals surface area contributed by atoms with Crippen LogP contribution in [0.1, 0.15) is 361 Å². The summed E-state index contributed by atoms with van der Waals surface area (Å²) in [5.41, 5.74) is 0. The predicted octanol–water partition coefficient (Wildman–Crippen LogP) is 22.4. The zero-order valence-corrected chi connectivity index (χ0v) is 49.9. The minimum absolute atomic E-state index is 0.0729. The van der Waals surface area contributed by atoms with Crippen molar-refractivity contribution < 1.29 is 28.6 Å². The number of unbranched alkanes of at least 4 members (excludes halogenated alkanes) is 44. The van der Waals surface area contributed by atoms with Crippen LogP contribution in [0.25, 0.3) is 0 Å². The van der Waals surface area contributed by atoms with E-state index in [1.807, 2.05) is 0 Å². The van der Waals surface area contributed by atoms with Gasteiger partial charge >= 0.3 is 17.9 Å². The Morgan fingerprint density at radius 2 is 0.486 bits per heavy atom. The van der Waals surface area contributed by atoms with E-state index in [0.29, 0.717) is 19.3 Å². The van der Waals surface area contributed by atoms with Crippen molar-refractivity contribution in [3.8, 4) is 0 Å². The van der Waals surface area contributed by atoms with Crippen molar-refractivity contribution in [3.05, 3.63) is 36.5 Å². The van der Waals surface area contributed by atoms with Gasteiger partial charge in [-0.3, -0.25) is 14.4 Å². The van der Waals surface area contributed by atoms with Crippen LogP contribution in [-0.2, 0) is 28.6 Å². The molecule has 6 nitrogen and oxygen atoms in total. The normalized spacial score (nSPS) is 12.2. The molecular formula is C68H126O6. The van der Waals surface area contributed by atoms with Crippen molar-refractivity contribution >= 4 is 17.9 Å². The van der Waals surface area contributed by atoms with Crippen molar-refractivity contribution in [2.45, 2.75) is 367 Å². The minimum Gasteiger partial charge on any atom is -0.462 e. The number of carbonyl (C=O) groups is 3. The Bertz CT molecular complexity index is 1240. The molecule has 0 aliphatic heterocycles. The molecule has 0 bridgehead atoms. The highest BCUT2D eigenvalue weighted by Crippen LogP contribution is 2.18. The third-order valence-corrected chi connectivity index (χ3v) is 14.9. The fraction of sp³-hybridized carbons (Fsp3) is 0.868. The molecule has 6 heteroatoms. The molecule has 0 aliphatic carbocycles. The van der Waals surface area contributed by atoms with Crippen LogP contribution in [0.4, 0.5) is 0 Å². The average Bonchev–Trinajstić information content (AvgIpc) is 3.40. The van der Waals surface area contributed by atoms with Gasteiger partial charge in [0, 0.05) is 19.3 Å². The molecule has 0 aromatic carbocycles. The molecule has 434 valence electrons. The van der Waals surface area contributed by atoms with E-state index >= 15 is 0 Å². The highest BCUT2D eigenvalue weighted by molar-refractivity contribution is 5.71. The first-order chi connectivity index (χ1) is 36.5. The molecule has 0 aliphatic rings. The average molecular weight is 1040 g/mol. The molecule has 0 aromatic rings. The lowest BCUT2D eigenvalue weighted by atomic mass is 10.0. The highest BCUT2D eigenvalue weighted by Gasteiger charge is 2.19. The smallest absolute Gasteiger partial charge is 0.306 e. The molecule has 0 radical (unpaired) electrons. The predicted molar refractivity (Wildman–Crippen MR) is 321 cm³/mol. The van der Waals surface area contributed by atoms with E-state index < -0.39 is 6.10 Å². The second-order valence-electron chi connectivity index (χ2n) is 22.4. The van der Waals surface area contributed by atoms with Crippen molar-refractivity contribution in [1.29, 1.82) is 0 Å². The molecule has 1 atom stereocenters. The Balaban J connectivity index is 4.11. The number of hydrogen-bond donors (Lipinski definition) is 0. The zero-order valence-electron chi connectivity index (χ0n) is 49.9. The van der Waals surface area contributed by atoms with Crippen molar-refractivity contribution in [1.82, 2.24) is 0 Å². The third kappa shape index (κ3) is 60.5. The summed E-state index contributed by atoms with van der Waals surface area (Å²) in [7, 11) is 0. The van der Waals surface area contributed by atoms with E-state index in [4.69, 9.17) is 14.2 Å². The second kappa shape index (κ2) is 63.2. The molecule has 0 rings (SSSR count). The number of hydrogen-bond acceptors (Lipinski definition) is 6. The topological polar surface area (TPSA) is 78.9 Å². The lowest BCUT2D eigenvalue weighted by Crippen LogP contribution is -2.30. The summed E-state index contributed by atoms with van der Waals surface area (Å²) >= 11 is 0. The first-order valence-electron chi connectivity index (χ1n) is 33.0. The largest absolute Gasteiger partial charge is 0.462 e. The SMILES string of the molecule is CCCCCCC/C=C\C/C=C\C/C=C\CCCCCCCCC(=O)OC(COC(=O)CCCCCCCCCC)COC(=O)CCCCCCCCCCCCCCCCCCCCCCCCCCCCC. The monoisotopic (exact) mass is 1040 g/mol. The molecule has 0 N–H and O–H groups in total. The maximum absolute atomic E-state index is 12.9. The second-order valence-corrected chi connectivity index (χ2v) is 22.4. The van der Waals surface area contributed by atoms with E-state index in [9.17, 15) is 14.4 Å². The van der Waals surface area contributed by atoms with Gasteiger partial charge in [0.15, 0.2) is 6.10 Å². The Morgan fingerprint density at radius 3 is 0.757 bits per heavy atom. The van der Waals surface area contributed by atoms with E-state index in [0.717, 1.165) is 77.0 Å². The van der Waals surface area contributed by atoms with Gasteiger partial charge in [0.25, 0.3) is 0 Å². The molecule has 0 spiro atoms. The van der Waals surface area contributed by atoms with E-state index in [1.54, 1.807) is 0 Å². The molecule has 74 heavy (non-hydrogen) atoms. The highest BCUT2D eigenvalue weighted by atomic mass is 16.6. The van der Waals surface area contributed by atoms with Gasteiger partial charge in [-0.15, -0.1) is 0 Å². The van der Waals surface area contributed by atoms with Gasteiger partial charge in [-0.1, -0.05) is 320 Å². The van der Waals surface area contributed by atoms with E-state index in [1.165, 1.54) is 244 Å². The fourth-order valence-electron chi connectivity index (χ4n) is 9.92. The summed E-state index contributed by atoms with van der Waals surface area (Å²) in [4.78, 5) is 38.1. The van der Waals surface area contributed by atoms with Crippen molar-refractivity contribution in [2.75, 3.05) is 13.2 Å². The Morgan fingerprint density at radius 1 is 0.270 bits per heavy atom. The lowest BCUT2D eigenvalue weighted by molar-refractivity contribution is -0.167. The van der Waals surface area contributed by atoms with E-state index in [-0.39, 0.29) is 31.1 Å². The van der Waals surface area contributed by atoms with Crippen LogP contribution >= 0.6 is 0 Å². The maximum Gasteiger partial charge on any atom is 0.306 e. The van der Waals surface area contributed by atoms with E-state index in [2.05, 4.69) is 57.2 Å². The number of esters is 3. The van der Waals surface area contributed by atoms with Crippen molar-refractivity contribution in [3.63, 3.8) is 0 Å². The number of rotatable bonds is 61. The number of allylic oxidation sites excluding steroid dienone is 6. The molecule has 0 saturated carbocycles. The first-order valence-corrected chi connectivity index (χ1v) is 33.0. The summed E-state index contributed by atoms with van der Waals surface area (Å²) in [5, 5.41) is 0. The summed E-state index contributed by atoms with van der Waals surface area (Å²) in [5.74, 6) is -0.868. The van der Waals surface area contributed by atoms with Crippen LogP contribution in [0.15, 0.2) is 36.5 Å². The number of carbonyl (C=O) groups excluding carboxylic acids is 3. The molecule has 0 amide bonds. The quantitative estimate of drug-likeness (QED) is 0.0261. The summed E-state index contributed by atoms with van der Waals surface area (Å²) < 4.78 is 16.9. The molecular weight excluding hydrogens is 913 g/mol. The lowest BCUT2D eigenvalue weighted by Gasteiger charge is -2.18. The zero-order chi connectivity index (χ0) is 53.6. The third-order valence-electron chi connectivity index (χ3n) is 14.9. The molecule has 1 unspecified atom stereocenters. The van der Waals surface area contributed by atoms with Crippen LogP contribution in [0.3, 0.4) is 0 Å². The van der Waals surface area contributed by atoms with Crippen LogP contribution < -0.4 is 0 Å². The van der Waals surface area contributed by atoms with Crippen molar-refractivity contribution in [2.24, 2.45) is 0 Å². The van der Waals surface area contributed by atoms with Crippen LogP contribution in [0.2, 0.25) is 0 Å². The Hall–Kier alpha value is -2.37. The Kier molecular flexibility index (Phi) is 61.1. The molecule has 0 heterocycles. The van der Waals surface area contributed by atoms with Gasteiger partial charge in [0.2, 0.25) is 0 Å². The first kappa shape index (κ1) is 71.6. The standard InChI is InChI=1S/C68H126O6/c1-4-7-10-13-16-19-21-23-25-27-29-31-32-33-34-35-36-38-39-41-43-45-47-49-52-55-58-61-67(70)73-64-65(63-72-66(69)60-57-54-51-18-15-12-9-6-3)74-68(71)62-59-56-53-50-48-46-44-42-40-37-30-28-26-24-22-20-17-14-11-8-5-2/h22,24,28,30,40,42,65H,4-21,23,25-27,29,31-39,41,43-64H2,1-3H3/b24-22-,30-28-,42-40-. The van der Waals surface area contributed by atoms with Crippen LogP contribution in [0, 0.1) is 0 Å². The minimum atomic E-state index is -0.775. The van der Waals surface area contributed by atoms with Gasteiger partial charge in [-0.05, 0) is 57.8 Å². The number of ether oxygens (including phenoxy) is 3. The molecule has 0 saturated heterocycles. The Labute approximate surface area is 461 Å². The van der Waals surface area contributed by atoms with Gasteiger partial charge < -0.3 is 14.2 Å². The van der Waals surface area contributed by atoms with Gasteiger partial charge in [0.05, 0.1) is 0 Å². The van der Waals surface area contributed by atoms with Gasteiger partial charge in [-0.2, -0.15) is 0 Å². The fourth-order valence-corrected chi connectivity index (χ4v) is 9.92. The van der Waals surface area contributed by atoms with Gasteiger partial charge in [-0.25, -0.2) is 0 Å². The summed E-state index contributed by atoms with van der Waals surface area (Å²) in [6.07, 6.45) is 77.5. The van der Waals surface area contributed by atoms with Gasteiger partial charge in [0.1, 0.15) is 13.2 Å². The summed E-state index contributed by atoms with van der Waals surface area (Å²) in [6, 6.07) is 0. The molecule has 0 fully saturated rings. The molecule has 0 aromatic heterocycles.